The highest BCUT2D eigenvalue weighted by Crippen LogP contribution is 2.14. The molecule has 138 valence electrons. The second kappa shape index (κ2) is 9.66. The first-order chi connectivity index (χ1) is 11.7. The Labute approximate surface area is 148 Å². The van der Waals surface area contributed by atoms with Crippen LogP contribution in [0, 0.1) is 0 Å². The lowest BCUT2D eigenvalue weighted by Gasteiger charge is -2.19. The Morgan fingerprint density at radius 3 is 2.36 bits per heavy atom. The number of hydrogen-bond acceptors (Lipinski definition) is 4. The van der Waals surface area contributed by atoms with E-state index in [0.29, 0.717) is 0 Å². The maximum absolute atomic E-state index is 11.9. The quantitative estimate of drug-likeness (QED) is 0.703. The fourth-order valence-corrected chi connectivity index (χ4v) is 2.00. The molecule has 0 aliphatic heterocycles. The number of nitrogens with one attached hydrogen (secondary N) is 3. The largest absolute Gasteiger partial charge is 0.444 e. The van der Waals surface area contributed by atoms with E-state index in [2.05, 4.69) is 16.0 Å². The summed E-state index contributed by atoms with van der Waals surface area (Å²) in [5.74, 6) is -0.621. The molecule has 0 aromatic heterocycles. The van der Waals surface area contributed by atoms with Crippen LogP contribution in [-0.4, -0.2) is 36.6 Å². The summed E-state index contributed by atoms with van der Waals surface area (Å²) in [4.78, 5) is 35.1. The van der Waals surface area contributed by atoms with Gasteiger partial charge in [0.15, 0.2) is 0 Å². The van der Waals surface area contributed by atoms with E-state index >= 15 is 0 Å². The number of alkyl carbamates (subject to hydrolysis) is 1. The van der Waals surface area contributed by atoms with E-state index in [-0.39, 0.29) is 31.3 Å². The maximum Gasteiger partial charge on any atom is 0.407 e. The summed E-state index contributed by atoms with van der Waals surface area (Å²) >= 11 is 0. The molecule has 7 heteroatoms. The van der Waals surface area contributed by atoms with Crippen LogP contribution >= 0.6 is 0 Å². The van der Waals surface area contributed by atoms with Gasteiger partial charge in [-0.05, 0) is 38.8 Å². The van der Waals surface area contributed by atoms with Gasteiger partial charge < -0.3 is 20.7 Å². The van der Waals surface area contributed by atoms with Gasteiger partial charge in [-0.3, -0.25) is 9.59 Å². The summed E-state index contributed by atoms with van der Waals surface area (Å²) in [7, 11) is 0. The van der Waals surface area contributed by atoms with E-state index in [1.807, 2.05) is 31.2 Å². The predicted molar refractivity (Wildman–Crippen MR) is 96.3 cm³/mol. The zero-order valence-electron chi connectivity index (χ0n) is 15.3. The van der Waals surface area contributed by atoms with Crippen LogP contribution in [-0.2, 0) is 20.7 Å². The summed E-state index contributed by atoms with van der Waals surface area (Å²) in [6.45, 7) is 7.30. The van der Waals surface area contributed by atoms with Crippen molar-refractivity contribution in [3.05, 3.63) is 29.8 Å². The molecule has 1 rings (SSSR count). The minimum Gasteiger partial charge on any atom is -0.444 e. The fourth-order valence-electron chi connectivity index (χ4n) is 2.00. The molecule has 25 heavy (non-hydrogen) atoms. The molecule has 7 nitrogen and oxygen atoms in total. The van der Waals surface area contributed by atoms with Crippen LogP contribution in [0.1, 0.15) is 39.7 Å². The van der Waals surface area contributed by atoms with Crippen LogP contribution in [0.2, 0.25) is 0 Å². The predicted octanol–water partition coefficient (Wildman–Crippen LogP) is 2.22. The standard InChI is InChI=1S/C18H27N3O4/c1-5-13-8-6-7-9-14(13)21-16(23)12-20-15(22)10-11-19-17(24)25-18(2,3)4/h6-9H,5,10-12H2,1-4H3,(H,19,24)(H,20,22)(H,21,23). The average Bonchev–Trinajstić information content (AvgIpc) is 2.51. The lowest BCUT2D eigenvalue weighted by Crippen LogP contribution is -2.37. The molecule has 1 aromatic rings. The number of anilines is 1. The van der Waals surface area contributed by atoms with Crippen LogP contribution in [0.3, 0.4) is 0 Å². The molecule has 0 radical (unpaired) electrons. The van der Waals surface area contributed by atoms with Gasteiger partial charge in [0.25, 0.3) is 0 Å². The van der Waals surface area contributed by atoms with Crippen molar-refractivity contribution in [1.82, 2.24) is 10.6 Å². The third-order valence-corrected chi connectivity index (χ3v) is 3.14. The average molecular weight is 349 g/mol. The molecule has 0 fully saturated rings. The first kappa shape index (κ1) is 20.5. The number of aryl methyl sites for hydroxylation is 1. The van der Waals surface area contributed by atoms with E-state index in [0.717, 1.165) is 17.7 Å². The van der Waals surface area contributed by atoms with Crippen molar-refractivity contribution in [3.63, 3.8) is 0 Å². The number of hydrogen-bond donors (Lipinski definition) is 3. The second-order valence-corrected chi connectivity index (χ2v) is 6.51. The van der Waals surface area contributed by atoms with E-state index < -0.39 is 11.7 Å². The van der Waals surface area contributed by atoms with Crippen molar-refractivity contribution in [2.45, 2.75) is 46.1 Å². The number of amides is 3. The molecule has 0 saturated heterocycles. The van der Waals surface area contributed by atoms with Crippen LogP contribution in [0.15, 0.2) is 24.3 Å². The Morgan fingerprint density at radius 2 is 1.72 bits per heavy atom. The first-order valence-electron chi connectivity index (χ1n) is 8.32. The molecule has 3 N–H and O–H groups in total. The van der Waals surface area contributed by atoms with Crippen LogP contribution in [0.4, 0.5) is 10.5 Å². The molecule has 0 bridgehead atoms. The van der Waals surface area contributed by atoms with Crippen LogP contribution in [0.25, 0.3) is 0 Å². The summed E-state index contributed by atoms with van der Waals surface area (Å²) in [6.07, 6.45) is 0.297. The van der Waals surface area contributed by atoms with Gasteiger partial charge in [-0.25, -0.2) is 4.79 Å². The van der Waals surface area contributed by atoms with Gasteiger partial charge in [0.05, 0.1) is 6.54 Å². The highest BCUT2D eigenvalue weighted by atomic mass is 16.6. The fraction of sp³-hybridized carbons (Fsp3) is 0.500. The molecular weight excluding hydrogens is 322 g/mol. The van der Waals surface area contributed by atoms with Gasteiger partial charge in [0, 0.05) is 18.7 Å². The molecule has 0 atom stereocenters. The van der Waals surface area contributed by atoms with Gasteiger partial charge in [-0.15, -0.1) is 0 Å². The maximum atomic E-state index is 11.9. The number of para-hydroxylation sites is 1. The smallest absolute Gasteiger partial charge is 0.407 e. The Kier molecular flexibility index (Phi) is 7.91. The molecule has 0 unspecified atom stereocenters. The van der Waals surface area contributed by atoms with Crippen molar-refractivity contribution >= 4 is 23.6 Å². The SMILES string of the molecule is CCc1ccccc1NC(=O)CNC(=O)CCNC(=O)OC(C)(C)C. The van der Waals surface area contributed by atoms with Crippen molar-refractivity contribution in [2.75, 3.05) is 18.4 Å². The topological polar surface area (TPSA) is 96.5 Å². The molecular formula is C18H27N3O4. The molecule has 3 amide bonds. The zero-order valence-corrected chi connectivity index (χ0v) is 15.3. The summed E-state index contributed by atoms with van der Waals surface area (Å²) in [5, 5.41) is 7.78. The lowest BCUT2D eigenvalue weighted by atomic mass is 10.1. The zero-order chi connectivity index (χ0) is 18.9. The Morgan fingerprint density at radius 1 is 1.04 bits per heavy atom. The number of carbonyl (C=O) groups excluding carboxylic acids is 3. The normalized spacial score (nSPS) is 10.7. The Balaban J connectivity index is 2.27. The monoisotopic (exact) mass is 349 g/mol. The number of carbonyl (C=O) groups is 3. The van der Waals surface area contributed by atoms with Crippen molar-refractivity contribution in [1.29, 1.82) is 0 Å². The van der Waals surface area contributed by atoms with E-state index in [1.54, 1.807) is 20.8 Å². The van der Waals surface area contributed by atoms with Crippen molar-refractivity contribution < 1.29 is 19.1 Å². The van der Waals surface area contributed by atoms with Crippen LogP contribution in [0.5, 0.6) is 0 Å². The lowest BCUT2D eigenvalue weighted by molar-refractivity contribution is -0.124. The van der Waals surface area contributed by atoms with Crippen molar-refractivity contribution in [2.24, 2.45) is 0 Å². The molecule has 1 aromatic carbocycles. The molecule has 0 saturated carbocycles. The van der Waals surface area contributed by atoms with Gasteiger partial charge >= 0.3 is 6.09 Å². The molecule has 0 heterocycles. The minimum atomic E-state index is -0.584. The van der Waals surface area contributed by atoms with E-state index in [9.17, 15) is 14.4 Å². The van der Waals surface area contributed by atoms with Crippen LogP contribution < -0.4 is 16.0 Å². The number of rotatable bonds is 7. The number of ether oxygens (including phenoxy) is 1. The summed E-state index contributed by atoms with van der Waals surface area (Å²) in [5.41, 5.74) is 1.19. The third-order valence-electron chi connectivity index (χ3n) is 3.14. The highest BCUT2D eigenvalue weighted by molar-refractivity contribution is 5.95. The van der Waals surface area contributed by atoms with E-state index in [4.69, 9.17) is 4.74 Å². The van der Waals surface area contributed by atoms with Gasteiger partial charge in [-0.1, -0.05) is 25.1 Å². The summed E-state index contributed by atoms with van der Waals surface area (Å²) < 4.78 is 5.06. The van der Waals surface area contributed by atoms with Gasteiger partial charge in [0.2, 0.25) is 11.8 Å². The van der Waals surface area contributed by atoms with Gasteiger partial charge in [0.1, 0.15) is 5.60 Å². The Bertz CT molecular complexity index is 609. The van der Waals surface area contributed by atoms with Gasteiger partial charge in [-0.2, -0.15) is 0 Å². The summed E-state index contributed by atoms with van der Waals surface area (Å²) in [6, 6.07) is 7.52. The number of benzene rings is 1. The minimum absolute atomic E-state index is 0.0675. The van der Waals surface area contributed by atoms with E-state index in [1.165, 1.54) is 0 Å². The molecule has 0 spiro atoms. The molecule has 0 aliphatic carbocycles. The second-order valence-electron chi connectivity index (χ2n) is 6.51. The Hall–Kier alpha value is -2.57. The third kappa shape index (κ3) is 8.74. The highest BCUT2D eigenvalue weighted by Gasteiger charge is 2.16. The first-order valence-corrected chi connectivity index (χ1v) is 8.32. The molecule has 0 aliphatic rings. The van der Waals surface area contributed by atoms with Crippen molar-refractivity contribution in [3.8, 4) is 0 Å².